The van der Waals surface area contributed by atoms with Crippen molar-refractivity contribution in [1.29, 1.82) is 0 Å². The van der Waals surface area contributed by atoms with Crippen LogP contribution in [0.5, 0.6) is 5.75 Å². The van der Waals surface area contributed by atoms with Gasteiger partial charge < -0.3 is 9.92 Å². The molecular formula is C17H21NO3S. The average molecular weight is 319 g/mol. The maximum Gasteiger partial charge on any atom is 0.339 e. The maximum absolute atomic E-state index is 12.3. The van der Waals surface area contributed by atoms with E-state index in [1.807, 2.05) is 6.92 Å². The molecule has 0 aliphatic rings. The quantitative estimate of drug-likeness (QED) is 0.692. The predicted molar refractivity (Wildman–Crippen MR) is 88.5 cm³/mol. The summed E-state index contributed by atoms with van der Waals surface area (Å²) in [7, 11) is -3.89. The summed E-state index contributed by atoms with van der Waals surface area (Å²) in [4.78, 5) is 0.112. The van der Waals surface area contributed by atoms with E-state index in [1.165, 1.54) is 0 Å². The molecule has 0 aromatic heterocycles. The Kier molecular flexibility index (Phi) is 4.20. The molecule has 0 bridgehead atoms. The maximum atomic E-state index is 12.3. The lowest BCUT2D eigenvalue weighted by molar-refractivity contribution is 0.486. The fourth-order valence-corrected chi connectivity index (χ4v) is 2.95. The molecule has 5 heteroatoms. The van der Waals surface area contributed by atoms with E-state index in [-0.39, 0.29) is 16.1 Å². The molecule has 2 aromatic rings. The zero-order valence-electron chi connectivity index (χ0n) is 13.3. The van der Waals surface area contributed by atoms with Crippen molar-refractivity contribution in [3.05, 3.63) is 53.6 Å². The van der Waals surface area contributed by atoms with Gasteiger partial charge in [-0.1, -0.05) is 39.0 Å². The number of hydrogen-bond donors (Lipinski definition) is 1. The zero-order valence-corrected chi connectivity index (χ0v) is 14.1. The zero-order chi connectivity index (χ0) is 16.5. The lowest BCUT2D eigenvalue weighted by Gasteiger charge is -2.19. The van der Waals surface area contributed by atoms with Crippen LogP contribution in [-0.4, -0.2) is 8.42 Å². The van der Waals surface area contributed by atoms with Crippen molar-refractivity contribution in [2.75, 3.05) is 5.73 Å². The van der Waals surface area contributed by atoms with Gasteiger partial charge in [0.05, 0.1) is 5.69 Å². The fourth-order valence-electron chi connectivity index (χ4n) is 2.00. The standard InChI is InChI=1S/C17H21NO3S/c1-12-5-10-15(18)16(11-12)21-22(19,20)14-8-6-13(7-9-14)17(2,3)4/h5-11H,18H2,1-4H3. The Morgan fingerprint density at radius 2 is 1.59 bits per heavy atom. The lowest BCUT2D eigenvalue weighted by atomic mass is 9.87. The molecule has 0 unspecified atom stereocenters. The number of nitrogen functional groups attached to an aromatic ring is 1. The number of anilines is 1. The third-order valence-corrected chi connectivity index (χ3v) is 4.63. The normalized spacial score (nSPS) is 12.2. The van der Waals surface area contributed by atoms with Crippen LogP contribution in [0.2, 0.25) is 0 Å². The van der Waals surface area contributed by atoms with E-state index in [0.717, 1.165) is 11.1 Å². The second-order valence-electron chi connectivity index (χ2n) is 6.35. The topological polar surface area (TPSA) is 69.4 Å². The Balaban J connectivity index is 2.33. The molecule has 0 atom stereocenters. The van der Waals surface area contributed by atoms with E-state index in [0.29, 0.717) is 5.69 Å². The van der Waals surface area contributed by atoms with Crippen molar-refractivity contribution < 1.29 is 12.6 Å². The molecule has 2 rings (SSSR count). The molecule has 0 saturated heterocycles. The van der Waals surface area contributed by atoms with Crippen molar-refractivity contribution in [2.24, 2.45) is 0 Å². The van der Waals surface area contributed by atoms with Gasteiger partial charge >= 0.3 is 10.1 Å². The predicted octanol–water partition coefficient (Wildman–Crippen LogP) is 3.64. The minimum Gasteiger partial charge on any atom is -0.396 e. The van der Waals surface area contributed by atoms with Gasteiger partial charge in [0.25, 0.3) is 0 Å². The summed E-state index contributed by atoms with van der Waals surface area (Å²) in [6.45, 7) is 8.05. The number of aryl methyl sites for hydroxylation is 1. The van der Waals surface area contributed by atoms with Crippen LogP contribution in [0.1, 0.15) is 31.9 Å². The lowest BCUT2D eigenvalue weighted by Crippen LogP contribution is -2.13. The van der Waals surface area contributed by atoms with E-state index in [4.69, 9.17) is 9.92 Å². The second kappa shape index (κ2) is 5.65. The highest BCUT2D eigenvalue weighted by Gasteiger charge is 2.20. The molecule has 22 heavy (non-hydrogen) atoms. The molecule has 2 aromatic carbocycles. The summed E-state index contributed by atoms with van der Waals surface area (Å²) >= 11 is 0. The van der Waals surface area contributed by atoms with Crippen LogP contribution in [0.3, 0.4) is 0 Å². The third-order valence-electron chi connectivity index (χ3n) is 3.38. The molecule has 0 saturated carbocycles. The highest BCUT2D eigenvalue weighted by Crippen LogP contribution is 2.28. The van der Waals surface area contributed by atoms with Gasteiger partial charge in [0, 0.05) is 0 Å². The monoisotopic (exact) mass is 319 g/mol. The number of hydrogen-bond acceptors (Lipinski definition) is 4. The van der Waals surface area contributed by atoms with Crippen molar-refractivity contribution in [3.63, 3.8) is 0 Å². The molecule has 0 heterocycles. The molecule has 0 amide bonds. The first-order valence-electron chi connectivity index (χ1n) is 7.01. The minimum atomic E-state index is -3.89. The Labute approximate surface area is 132 Å². The van der Waals surface area contributed by atoms with Gasteiger partial charge in [0.1, 0.15) is 4.90 Å². The smallest absolute Gasteiger partial charge is 0.339 e. The second-order valence-corrected chi connectivity index (χ2v) is 7.90. The van der Waals surface area contributed by atoms with Gasteiger partial charge in [0.15, 0.2) is 5.75 Å². The van der Waals surface area contributed by atoms with Crippen molar-refractivity contribution >= 4 is 15.8 Å². The number of nitrogens with two attached hydrogens (primary N) is 1. The first kappa shape index (κ1) is 16.4. The van der Waals surface area contributed by atoms with Gasteiger partial charge in [-0.15, -0.1) is 0 Å². The molecule has 4 nitrogen and oxygen atoms in total. The largest absolute Gasteiger partial charge is 0.396 e. The van der Waals surface area contributed by atoms with Crippen LogP contribution >= 0.6 is 0 Å². The van der Waals surface area contributed by atoms with E-state index < -0.39 is 10.1 Å². The van der Waals surface area contributed by atoms with E-state index >= 15 is 0 Å². The molecule has 118 valence electrons. The molecule has 0 radical (unpaired) electrons. The summed E-state index contributed by atoms with van der Waals surface area (Å²) < 4.78 is 29.9. The minimum absolute atomic E-state index is 0.0376. The van der Waals surface area contributed by atoms with Crippen LogP contribution in [-0.2, 0) is 15.5 Å². The highest BCUT2D eigenvalue weighted by molar-refractivity contribution is 7.87. The van der Waals surface area contributed by atoms with Crippen LogP contribution in [0, 0.1) is 6.92 Å². The van der Waals surface area contributed by atoms with Crippen molar-refractivity contribution in [3.8, 4) is 5.75 Å². The highest BCUT2D eigenvalue weighted by atomic mass is 32.2. The summed E-state index contributed by atoms with van der Waals surface area (Å²) in [6.07, 6.45) is 0. The van der Waals surface area contributed by atoms with E-state index in [2.05, 4.69) is 20.8 Å². The van der Waals surface area contributed by atoms with Gasteiger partial charge in [-0.2, -0.15) is 8.42 Å². The third kappa shape index (κ3) is 3.60. The SMILES string of the molecule is Cc1ccc(N)c(OS(=O)(=O)c2ccc(C(C)(C)C)cc2)c1. The Morgan fingerprint density at radius 1 is 1.00 bits per heavy atom. The molecule has 2 N–H and O–H groups in total. The average Bonchev–Trinajstić information content (AvgIpc) is 2.42. The van der Waals surface area contributed by atoms with Crippen LogP contribution < -0.4 is 9.92 Å². The fraction of sp³-hybridized carbons (Fsp3) is 0.294. The Hall–Kier alpha value is -2.01. The van der Waals surface area contributed by atoms with Gasteiger partial charge in [-0.25, -0.2) is 0 Å². The van der Waals surface area contributed by atoms with Crippen LogP contribution in [0.25, 0.3) is 0 Å². The molecule has 0 spiro atoms. The van der Waals surface area contributed by atoms with Gasteiger partial charge in [-0.05, 0) is 47.7 Å². The Morgan fingerprint density at radius 3 is 2.14 bits per heavy atom. The Bertz CT molecular complexity index is 773. The van der Waals surface area contributed by atoms with Crippen molar-refractivity contribution in [1.82, 2.24) is 0 Å². The molecule has 0 aliphatic heterocycles. The van der Waals surface area contributed by atoms with Gasteiger partial charge in [-0.3, -0.25) is 0 Å². The summed E-state index contributed by atoms with van der Waals surface area (Å²) in [5.41, 5.74) is 7.96. The summed E-state index contributed by atoms with van der Waals surface area (Å²) in [5, 5.41) is 0. The first-order valence-corrected chi connectivity index (χ1v) is 8.41. The van der Waals surface area contributed by atoms with Crippen LogP contribution in [0.15, 0.2) is 47.4 Å². The molecule has 0 aliphatic carbocycles. The van der Waals surface area contributed by atoms with Gasteiger partial charge in [0.2, 0.25) is 0 Å². The van der Waals surface area contributed by atoms with E-state index in [1.54, 1.807) is 42.5 Å². The summed E-state index contributed by atoms with van der Waals surface area (Å²) in [5.74, 6) is 0.153. The first-order chi connectivity index (χ1) is 10.1. The number of benzene rings is 2. The van der Waals surface area contributed by atoms with Crippen LogP contribution in [0.4, 0.5) is 5.69 Å². The molecular weight excluding hydrogens is 298 g/mol. The van der Waals surface area contributed by atoms with E-state index in [9.17, 15) is 8.42 Å². The molecule has 0 fully saturated rings. The summed E-state index contributed by atoms with van der Waals surface area (Å²) in [6, 6.07) is 11.8. The van der Waals surface area contributed by atoms with Crippen molar-refractivity contribution in [2.45, 2.75) is 38.0 Å². The number of rotatable bonds is 3.